The van der Waals surface area contributed by atoms with Gasteiger partial charge in [0.25, 0.3) is 11.8 Å². The van der Waals surface area contributed by atoms with Crippen LogP contribution in [0.3, 0.4) is 0 Å². The first-order valence-electron chi connectivity index (χ1n) is 8.96. The van der Waals surface area contributed by atoms with Crippen molar-refractivity contribution in [1.82, 2.24) is 19.7 Å². The average molecular weight is 401 g/mol. The number of anilines is 1. The lowest BCUT2D eigenvalue weighted by molar-refractivity contribution is 0.100. The molecule has 3 rings (SSSR count). The number of nitrogens with zero attached hydrogens (tertiary/aromatic N) is 4. The molecule has 3 heterocycles. The summed E-state index contributed by atoms with van der Waals surface area (Å²) < 4.78 is 1.86. The summed E-state index contributed by atoms with van der Waals surface area (Å²) in [4.78, 5) is 33.5. The van der Waals surface area contributed by atoms with Crippen LogP contribution in [0.4, 0.5) is 5.13 Å². The van der Waals surface area contributed by atoms with E-state index in [4.69, 9.17) is 10.7 Å². The molecule has 0 saturated heterocycles. The van der Waals surface area contributed by atoms with Crippen molar-refractivity contribution in [2.45, 2.75) is 53.0 Å². The topological polar surface area (TPSA) is 116 Å². The van der Waals surface area contributed by atoms with Crippen LogP contribution in [0.1, 0.15) is 72.0 Å². The van der Waals surface area contributed by atoms with Crippen molar-refractivity contribution in [3.63, 3.8) is 0 Å². The predicted octanol–water partition coefficient (Wildman–Crippen LogP) is 3.43. The van der Waals surface area contributed by atoms with E-state index in [1.165, 1.54) is 6.20 Å². The summed E-state index contributed by atoms with van der Waals surface area (Å²) in [7, 11) is 0. The fourth-order valence-corrected chi connectivity index (χ4v) is 3.52. The van der Waals surface area contributed by atoms with Crippen LogP contribution in [0.5, 0.6) is 0 Å². The molecule has 3 N–H and O–H groups in total. The zero-order valence-corrected chi connectivity index (χ0v) is 17.6. The van der Waals surface area contributed by atoms with E-state index in [0.29, 0.717) is 21.7 Å². The molecule has 0 aliphatic carbocycles. The van der Waals surface area contributed by atoms with Crippen LogP contribution in [0, 0.1) is 6.92 Å². The fraction of sp³-hybridized carbons (Fsp3) is 0.421. The highest BCUT2D eigenvalue weighted by Crippen LogP contribution is 2.29. The molecule has 9 heteroatoms. The zero-order valence-electron chi connectivity index (χ0n) is 16.8. The van der Waals surface area contributed by atoms with Gasteiger partial charge in [-0.2, -0.15) is 5.10 Å². The van der Waals surface area contributed by atoms with Gasteiger partial charge in [0.15, 0.2) is 10.8 Å². The number of thiazole rings is 1. The van der Waals surface area contributed by atoms with Crippen molar-refractivity contribution in [3.05, 3.63) is 34.1 Å². The molecule has 0 aliphatic heterocycles. The Morgan fingerprint density at radius 1 is 1.29 bits per heavy atom. The number of nitrogens with two attached hydrogens (primary N) is 1. The van der Waals surface area contributed by atoms with Crippen molar-refractivity contribution in [2.75, 3.05) is 5.32 Å². The van der Waals surface area contributed by atoms with Crippen molar-refractivity contribution in [2.24, 2.45) is 5.73 Å². The second kappa shape index (κ2) is 6.97. The van der Waals surface area contributed by atoms with Gasteiger partial charge in [0, 0.05) is 5.69 Å². The van der Waals surface area contributed by atoms with Gasteiger partial charge in [-0.15, -0.1) is 0 Å². The number of aromatic nitrogens is 4. The van der Waals surface area contributed by atoms with E-state index in [1.54, 1.807) is 6.07 Å². The molecule has 0 fully saturated rings. The maximum atomic E-state index is 13.1. The maximum absolute atomic E-state index is 13.1. The van der Waals surface area contributed by atoms with E-state index in [2.05, 4.69) is 15.4 Å². The third kappa shape index (κ3) is 3.62. The molecule has 8 nitrogen and oxygen atoms in total. The SMILES string of the molecule is Cc1nn(C(C)(C)C)c2nc(C(C)C)cc(C(=O)Nc3ncc(C(N)=O)s3)c12. The lowest BCUT2D eigenvalue weighted by Gasteiger charge is -2.20. The summed E-state index contributed by atoms with van der Waals surface area (Å²) in [6.45, 7) is 12.1. The molecule has 2 amide bonds. The Morgan fingerprint density at radius 3 is 2.50 bits per heavy atom. The lowest BCUT2D eigenvalue weighted by atomic mass is 10.0. The van der Waals surface area contributed by atoms with E-state index in [0.717, 1.165) is 22.7 Å². The van der Waals surface area contributed by atoms with Gasteiger partial charge in [-0.25, -0.2) is 14.6 Å². The van der Waals surface area contributed by atoms with Crippen LogP contribution < -0.4 is 11.1 Å². The number of pyridine rings is 1. The maximum Gasteiger partial charge on any atom is 0.260 e. The number of fused-ring (bicyclic) bond motifs is 1. The van der Waals surface area contributed by atoms with E-state index in [-0.39, 0.29) is 22.2 Å². The summed E-state index contributed by atoms with van der Waals surface area (Å²) in [6, 6.07) is 1.80. The summed E-state index contributed by atoms with van der Waals surface area (Å²) in [5, 5.41) is 8.43. The number of amides is 2. The van der Waals surface area contributed by atoms with Crippen molar-refractivity contribution in [3.8, 4) is 0 Å². The van der Waals surface area contributed by atoms with E-state index >= 15 is 0 Å². The molecule has 148 valence electrons. The third-order valence-corrected chi connectivity index (χ3v) is 5.20. The van der Waals surface area contributed by atoms with Gasteiger partial charge in [-0.1, -0.05) is 25.2 Å². The number of carbonyl (C=O) groups is 2. The molecule has 0 aliphatic rings. The minimum Gasteiger partial charge on any atom is -0.365 e. The van der Waals surface area contributed by atoms with Crippen LogP contribution in [0.15, 0.2) is 12.3 Å². The minimum atomic E-state index is -0.575. The first kappa shape index (κ1) is 19.9. The molecule has 0 unspecified atom stereocenters. The van der Waals surface area contributed by atoms with Gasteiger partial charge >= 0.3 is 0 Å². The Balaban J connectivity index is 2.14. The highest BCUT2D eigenvalue weighted by atomic mass is 32.1. The number of carbonyl (C=O) groups excluding carboxylic acids is 2. The van der Waals surface area contributed by atoms with Crippen LogP contribution in [-0.4, -0.2) is 31.6 Å². The summed E-state index contributed by atoms with van der Waals surface area (Å²) in [6.07, 6.45) is 1.35. The molecule has 0 spiro atoms. The number of aryl methyl sites for hydroxylation is 1. The molecule has 0 atom stereocenters. The van der Waals surface area contributed by atoms with E-state index < -0.39 is 5.91 Å². The van der Waals surface area contributed by atoms with Crippen LogP contribution in [-0.2, 0) is 5.54 Å². The van der Waals surface area contributed by atoms with Gasteiger partial charge < -0.3 is 5.73 Å². The standard InChI is InChI=1S/C19H24N6O2S/c1-9(2)12-7-11(17(27)23-18-21-8-13(28-18)15(20)26)14-10(3)24-25(16(14)22-12)19(4,5)6/h7-9H,1-6H3,(H2,20,26)(H,21,23,27). The highest BCUT2D eigenvalue weighted by molar-refractivity contribution is 7.17. The van der Waals surface area contributed by atoms with E-state index in [9.17, 15) is 9.59 Å². The molecule has 0 aromatic carbocycles. The van der Waals surface area contributed by atoms with Crippen LogP contribution >= 0.6 is 11.3 Å². The van der Waals surface area contributed by atoms with Crippen LogP contribution in [0.2, 0.25) is 0 Å². The van der Waals surface area contributed by atoms with Crippen molar-refractivity contribution < 1.29 is 9.59 Å². The third-order valence-electron chi connectivity index (χ3n) is 4.27. The molecule has 28 heavy (non-hydrogen) atoms. The van der Waals surface area contributed by atoms with Crippen molar-refractivity contribution >= 4 is 39.3 Å². The Kier molecular flexibility index (Phi) is 4.97. The Bertz CT molecular complexity index is 1070. The van der Waals surface area contributed by atoms with E-state index in [1.807, 2.05) is 46.2 Å². The highest BCUT2D eigenvalue weighted by Gasteiger charge is 2.25. The monoisotopic (exact) mass is 400 g/mol. The molecular formula is C19H24N6O2S. The molecule has 3 aromatic rings. The number of hydrogen-bond donors (Lipinski definition) is 2. The molecule has 0 saturated carbocycles. The van der Waals surface area contributed by atoms with Gasteiger partial charge in [0.1, 0.15) is 4.88 Å². The van der Waals surface area contributed by atoms with Gasteiger partial charge in [-0.05, 0) is 39.7 Å². The predicted molar refractivity (Wildman–Crippen MR) is 110 cm³/mol. The summed E-state index contributed by atoms with van der Waals surface area (Å²) in [5.41, 5.74) is 7.68. The second-order valence-electron chi connectivity index (χ2n) is 7.96. The number of nitrogens with one attached hydrogen (secondary N) is 1. The zero-order chi connectivity index (χ0) is 20.8. The second-order valence-corrected chi connectivity index (χ2v) is 8.99. The summed E-state index contributed by atoms with van der Waals surface area (Å²) in [5.74, 6) is -0.758. The van der Waals surface area contributed by atoms with Crippen LogP contribution in [0.25, 0.3) is 11.0 Å². The molecule has 0 bridgehead atoms. The fourth-order valence-electron chi connectivity index (χ4n) is 2.86. The smallest absolute Gasteiger partial charge is 0.260 e. The first-order chi connectivity index (χ1) is 13.0. The average Bonchev–Trinajstić information content (AvgIpc) is 3.18. The van der Waals surface area contributed by atoms with Crippen molar-refractivity contribution in [1.29, 1.82) is 0 Å². The quantitative estimate of drug-likeness (QED) is 0.696. The number of primary amides is 1. The lowest BCUT2D eigenvalue weighted by Crippen LogP contribution is -2.24. The Labute approximate surface area is 167 Å². The molecule has 0 radical (unpaired) electrons. The Hall–Kier alpha value is -2.81. The molecule has 3 aromatic heterocycles. The minimum absolute atomic E-state index is 0.140. The number of hydrogen-bond acceptors (Lipinski definition) is 6. The summed E-state index contributed by atoms with van der Waals surface area (Å²) >= 11 is 1.04. The normalized spacial score (nSPS) is 12.0. The largest absolute Gasteiger partial charge is 0.365 e. The van der Waals surface area contributed by atoms with Gasteiger partial charge in [-0.3, -0.25) is 14.9 Å². The Morgan fingerprint density at radius 2 is 1.96 bits per heavy atom. The van der Waals surface area contributed by atoms with Gasteiger partial charge in [0.05, 0.1) is 28.4 Å². The van der Waals surface area contributed by atoms with Gasteiger partial charge in [0.2, 0.25) is 0 Å². The first-order valence-corrected chi connectivity index (χ1v) is 9.78. The molecular weight excluding hydrogens is 376 g/mol. The number of rotatable bonds is 4.